The zero-order valence-electron chi connectivity index (χ0n) is 11.4. The van der Waals surface area contributed by atoms with Crippen molar-refractivity contribution in [1.29, 1.82) is 0 Å². The van der Waals surface area contributed by atoms with E-state index >= 15 is 0 Å². The van der Waals surface area contributed by atoms with E-state index in [0.717, 1.165) is 13.1 Å². The van der Waals surface area contributed by atoms with E-state index in [-0.39, 0.29) is 17.9 Å². The van der Waals surface area contributed by atoms with Crippen molar-refractivity contribution in [2.75, 3.05) is 27.2 Å². The van der Waals surface area contributed by atoms with E-state index in [1.807, 2.05) is 13.8 Å². The average Bonchev–Trinajstić information content (AvgIpc) is 2.26. The molecule has 0 amide bonds. The van der Waals surface area contributed by atoms with Gasteiger partial charge in [0.15, 0.2) is 0 Å². The third kappa shape index (κ3) is 5.47. The fourth-order valence-electron chi connectivity index (χ4n) is 1.29. The Balaban J connectivity index is 3.81. The Morgan fingerprint density at radius 2 is 1.88 bits per heavy atom. The number of carbonyl (C=O) groups excluding carboxylic acids is 1. The zero-order valence-corrected chi connectivity index (χ0v) is 11.4. The second-order valence-corrected chi connectivity index (χ2v) is 4.63. The van der Waals surface area contributed by atoms with Crippen molar-refractivity contribution in [3.8, 4) is 0 Å². The van der Waals surface area contributed by atoms with Gasteiger partial charge in [0.1, 0.15) is 0 Å². The van der Waals surface area contributed by atoms with Crippen molar-refractivity contribution in [2.24, 2.45) is 5.92 Å². The van der Waals surface area contributed by atoms with Crippen LogP contribution < -0.4 is 5.32 Å². The molecule has 0 aromatic rings. The van der Waals surface area contributed by atoms with Gasteiger partial charge in [0.05, 0.1) is 13.0 Å². The summed E-state index contributed by atoms with van der Waals surface area (Å²) < 4.78 is 4.71. The number of carbonyl (C=O) groups is 1. The van der Waals surface area contributed by atoms with E-state index < -0.39 is 0 Å². The highest BCUT2D eigenvalue weighted by molar-refractivity contribution is 5.72. The molecule has 0 heterocycles. The van der Waals surface area contributed by atoms with Crippen molar-refractivity contribution in [3.05, 3.63) is 0 Å². The van der Waals surface area contributed by atoms with Gasteiger partial charge in [-0.15, -0.1) is 0 Å². The number of hydrogen-bond donors (Lipinski definition) is 1. The van der Waals surface area contributed by atoms with Gasteiger partial charge in [0.25, 0.3) is 0 Å². The fourth-order valence-corrected chi connectivity index (χ4v) is 1.29. The number of ether oxygens (including phenoxy) is 1. The predicted octanol–water partition coefficient (Wildman–Crippen LogP) is 1.11. The Kier molecular flexibility index (Phi) is 7.34. The van der Waals surface area contributed by atoms with Gasteiger partial charge in [0, 0.05) is 25.2 Å². The number of nitrogens with one attached hydrogen (secondary N) is 1. The average molecular weight is 230 g/mol. The molecule has 0 aliphatic heterocycles. The summed E-state index contributed by atoms with van der Waals surface area (Å²) in [5.74, 6) is -0.258. The van der Waals surface area contributed by atoms with Crippen molar-refractivity contribution in [3.63, 3.8) is 0 Å². The normalized spacial score (nSPS) is 15.2. The van der Waals surface area contributed by atoms with Crippen molar-refractivity contribution < 1.29 is 9.53 Å². The van der Waals surface area contributed by atoms with Crippen molar-refractivity contribution >= 4 is 5.97 Å². The van der Waals surface area contributed by atoms with E-state index in [0.29, 0.717) is 6.04 Å². The summed E-state index contributed by atoms with van der Waals surface area (Å²) in [5, 5.41) is 3.34. The first-order valence-corrected chi connectivity index (χ1v) is 5.91. The number of hydrogen-bond acceptors (Lipinski definition) is 4. The molecule has 16 heavy (non-hydrogen) atoms. The first kappa shape index (κ1) is 15.4. The highest BCUT2D eigenvalue weighted by Crippen LogP contribution is 2.04. The highest BCUT2D eigenvalue weighted by Gasteiger charge is 2.20. The van der Waals surface area contributed by atoms with Crippen LogP contribution in [0.4, 0.5) is 0 Å². The van der Waals surface area contributed by atoms with Crippen molar-refractivity contribution in [1.82, 2.24) is 10.2 Å². The number of rotatable bonds is 7. The quantitative estimate of drug-likeness (QED) is 0.665. The van der Waals surface area contributed by atoms with Gasteiger partial charge in [-0.25, -0.2) is 0 Å². The molecule has 4 heteroatoms. The molecule has 0 aliphatic rings. The van der Waals surface area contributed by atoms with Gasteiger partial charge in [-0.3, -0.25) is 4.79 Å². The maximum Gasteiger partial charge on any atom is 0.309 e. The summed E-state index contributed by atoms with van der Waals surface area (Å²) in [6.45, 7) is 10.1. The van der Waals surface area contributed by atoms with Crippen LogP contribution in [0.5, 0.6) is 0 Å². The molecule has 1 N–H and O–H groups in total. The fraction of sp³-hybridized carbons (Fsp3) is 0.917. The lowest BCUT2D eigenvalue weighted by Crippen LogP contribution is -2.41. The second kappa shape index (κ2) is 7.63. The van der Waals surface area contributed by atoms with E-state index in [2.05, 4.69) is 31.1 Å². The molecule has 2 atom stereocenters. The van der Waals surface area contributed by atoms with E-state index in [4.69, 9.17) is 4.74 Å². The number of esters is 1. The lowest BCUT2D eigenvalue weighted by molar-refractivity contribution is -0.145. The van der Waals surface area contributed by atoms with Gasteiger partial charge in [-0.05, 0) is 27.8 Å². The van der Waals surface area contributed by atoms with E-state index in [1.165, 1.54) is 7.11 Å². The van der Waals surface area contributed by atoms with Crippen LogP contribution in [0, 0.1) is 5.92 Å². The molecule has 0 spiro atoms. The smallest absolute Gasteiger partial charge is 0.309 e. The Hall–Kier alpha value is -0.610. The Morgan fingerprint density at radius 3 is 2.31 bits per heavy atom. The summed E-state index contributed by atoms with van der Waals surface area (Å²) in [4.78, 5) is 13.6. The maximum absolute atomic E-state index is 11.3. The minimum absolute atomic E-state index is 0.102. The summed E-state index contributed by atoms with van der Waals surface area (Å²) >= 11 is 0. The molecule has 0 aliphatic carbocycles. The molecule has 0 rings (SSSR count). The topological polar surface area (TPSA) is 41.6 Å². The van der Waals surface area contributed by atoms with Gasteiger partial charge in [-0.2, -0.15) is 0 Å². The summed E-state index contributed by atoms with van der Waals surface area (Å²) in [5.41, 5.74) is 0. The zero-order chi connectivity index (χ0) is 12.7. The maximum atomic E-state index is 11.3. The third-order valence-corrected chi connectivity index (χ3v) is 3.14. The molecule has 0 bridgehead atoms. The monoisotopic (exact) mass is 230 g/mol. The van der Waals surface area contributed by atoms with Crippen LogP contribution in [0.25, 0.3) is 0 Å². The first-order chi connectivity index (χ1) is 7.40. The van der Waals surface area contributed by atoms with Crippen LogP contribution in [-0.2, 0) is 9.53 Å². The highest BCUT2D eigenvalue weighted by atomic mass is 16.5. The molecule has 0 aromatic carbocycles. The Labute approximate surface area is 99.3 Å². The molecule has 0 aromatic heterocycles. The minimum Gasteiger partial charge on any atom is -0.469 e. The summed E-state index contributed by atoms with van der Waals surface area (Å²) in [7, 11) is 3.53. The molecule has 96 valence electrons. The second-order valence-electron chi connectivity index (χ2n) is 4.63. The van der Waals surface area contributed by atoms with E-state index in [1.54, 1.807) is 0 Å². The van der Waals surface area contributed by atoms with Crippen LogP contribution in [0.1, 0.15) is 27.7 Å². The van der Waals surface area contributed by atoms with Crippen LogP contribution >= 0.6 is 0 Å². The largest absolute Gasteiger partial charge is 0.469 e. The Morgan fingerprint density at radius 1 is 1.31 bits per heavy atom. The standard InChI is InChI=1S/C12H26N2O2/c1-9(2)14(5)8-7-13-11(4)10(3)12(15)16-6/h9-11,13H,7-8H2,1-6H3. The van der Waals surface area contributed by atoms with Gasteiger partial charge >= 0.3 is 5.97 Å². The molecule has 0 saturated carbocycles. The third-order valence-electron chi connectivity index (χ3n) is 3.14. The number of likely N-dealkylation sites (N-methyl/N-ethyl adjacent to an activating group) is 1. The lowest BCUT2D eigenvalue weighted by Gasteiger charge is -2.24. The van der Waals surface area contributed by atoms with Crippen LogP contribution in [-0.4, -0.2) is 50.2 Å². The van der Waals surface area contributed by atoms with Gasteiger partial charge < -0.3 is 15.0 Å². The Bertz CT molecular complexity index is 207. The minimum atomic E-state index is -0.155. The van der Waals surface area contributed by atoms with Crippen LogP contribution in [0.3, 0.4) is 0 Å². The van der Waals surface area contributed by atoms with Gasteiger partial charge in [-0.1, -0.05) is 6.92 Å². The lowest BCUT2D eigenvalue weighted by atomic mass is 10.0. The molecule has 4 nitrogen and oxygen atoms in total. The molecule has 0 saturated heterocycles. The summed E-state index contributed by atoms with van der Waals surface area (Å²) in [6.07, 6.45) is 0. The number of nitrogens with zero attached hydrogens (tertiary/aromatic N) is 1. The SMILES string of the molecule is COC(=O)C(C)C(C)NCCN(C)C(C)C. The summed E-state index contributed by atoms with van der Waals surface area (Å²) in [6, 6.07) is 0.697. The van der Waals surface area contributed by atoms with Crippen LogP contribution in [0.2, 0.25) is 0 Å². The first-order valence-electron chi connectivity index (χ1n) is 5.91. The van der Waals surface area contributed by atoms with Crippen LogP contribution in [0.15, 0.2) is 0 Å². The van der Waals surface area contributed by atoms with Crippen molar-refractivity contribution in [2.45, 2.75) is 39.8 Å². The van der Waals surface area contributed by atoms with E-state index in [9.17, 15) is 4.79 Å². The van der Waals surface area contributed by atoms with Gasteiger partial charge in [0.2, 0.25) is 0 Å². The number of methoxy groups -OCH3 is 1. The predicted molar refractivity (Wildman–Crippen MR) is 66.4 cm³/mol. The molecule has 0 radical (unpaired) electrons. The molecular weight excluding hydrogens is 204 g/mol. The molecule has 0 fully saturated rings. The molecule has 2 unspecified atom stereocenters. The molecular formula is C12H26N2O2.